The number of methoxy groups -OCH3 is 1. The van der Waals surface area contributed by atoms with Crippen LogP contribution in [-0.4, -0.2) is 66.7 Å². The van der Waals surface area contributed by atoms with E-state index in [9.17, 15) is 14.7 Å². The number of ether oxygens (including phenoxy) is 2. The molecular formula is C41H49N3O6. The largest absolute Gasteiger partial charge is 0.497 e. The molecule has 1 N–H and O–H groups in total. The van der Waals surface area contributed by atoms with Crippen molar-refractivity contribution >= 4 is 29.1 Å². The van der Waals surface area contributed by atoms with Crippen molar-refractivity contribution in [3.05, 3.63) is 89.5 Å². The van der Waals surface area contributed by atoms with E-state index in [0.29, 0.717) is 26.1 Å². The Morgan fingerprint density at radius 2 is 1.76 bits per heavy atom. The van der Waals surface area contributed by atoms with E-state index in [1.54, 1.807) is 12.0 Å². The number of anilines is 2. The summed E-state index contributed by atoms with van der Waals surface area (Å²) in [5.41, 5.74) is 2.45. The Morgan fingerprint density at radius 1 is 1.00 bits per heavy atom. The number of benzene rings is 3. The van der Waals surface area contributed by atoms with Crippen molar-refractivity contribution in [2.75, 3.05) is 36.6 Å². The number of aliphatic hydroxyl groups excluding tert-OH is 1. The third-order valence-electron chi connectivity index (χ3n) is 11.9. The number of carbonyl (C=O) groups is 3. The maximum atomic E-state index is 15.2. The second-order valence-corrected chi connectivity index (χ2v) is 15.0. The summed E-state index contributed by atoms with van der Waals surface area (Å²) in [4.78, 5) is 47.9. The lowest BCUT2D eigenvalue weighted by Crippen LogP contribution is -2.46. The van der Waals surface area contributed by atoms with Crippen LogP contribution in [0.5, 0.6) is 5.75 Å². The molecule has 0 radical (unpaired) electrons. The zero-order chi connectivity index (χ0) is 35.2. The zero-order valence-electron chi connectivity index (χ0n) is 29.6. The molecule has 3 fully saturated rings. The fraction of sp³-hybridized carbons (Fsp3) is 0.488. The highest BCUT2D eigenvalue weighted by Gasteiger charge is 2.66. The Balaban J connectivity index is 1.35. The molecule has 0 bridgehead atoms. The van der Waals surface area contributed by atoms with Gasteiger partial charge in [-0.1, -0.05) is 63.2 Å². The lowest BCUT2D eigenvalue weighted by molar-refractivity contribution is -0.150. The summed E-state index contributed by atoms with van der Waals surface area (Å²) in [5.74, 6) is 0.0373. The van der Waals surface area contributed by atoms with E-state index < -0.39 is 17.1 Å². The Labute approximate surface area is 295 Å². The summed E-state index contributed by atoms with van der Waals surface area (Å²) in [6.45, 7) is 7.98. The maximum absolute atomic E-state index is 15.2. The van der Waals surface area contributed by atoms with Crippen molar-refractivity contribution in [3.8, 4) is 5.75 Å². The van der Waals surface area contributed by atoms with E-state index in [1.807, 2.05) is 70.5 Å². The number of amides is 3. The van der Waals surface area contributed by atoms with Crippen molar-refractivity contribution in [2.24, 2.45) is 11.8 Å². The topological polar surface area (TPSA) is 99.6 Å². The molecule has 4 aliphatic rings. The van der Waals surface area contributed by atoms with Gasteiger partial charge in [0.15, 0.2) is 5.60 Å². The van der Waals surface area contributed by atoms with Gasteiger partial charge in [-0.05, 0) is 72.6 Å². The van der Waals surface area contributed by atoms with Crippen molar-refractivity contribution in [2.45, 2.75) is 89.0 Å². The Hall–Kier alpha value is -4.21. The van der Waals surface area contributed by atoms with Gasteiger partial charge in [0, 0.05) is 42.6 Å². The van der Waals surface area contributed by atoms with Gasteiger partial charge in [0.1, 0.15) is 5.75 Å². The minimum atomic E-state index is -1.38. The van der Waals surface area contributed by atoms with Crippen LogP contribution in [0.15, 0.2) is 72.8 Å². The van der Waals surface area contributed by atoms with Gasteiger partial charge in [0.05, 0.1) is 44.5 Å². The van der Waals surface area contributed by atoms with Gasteiger partial charge in [0.25, 0.3) is 5.91 Å². The highest BCUT2D eigenvalue weighted by atomic mass is 16.5. The molecule has 7 rings (SSSR count). The van der Waals surface area contributed by atoms with Crippen molar-refractivity contribution < 1.29 is 29.0 Å². The number of piperidine rings is 1. The van der Waals surface area contributed by atoms with E-state index in [4.69, 9.17) is 9.47 Å². The first-order valence-electron chi connectivity index (χ1n) is 18.1. The van der Waals surface area contributed by atoms with Crippen LogP contribution in [0.2, 0.25) is 0 Å². The minimum Gasteiger partial charge on any atom is -0.497 e. The summed E-state index contributed by atoms with van der Waals surface area (Å²) in [6, 6.07) is 23.7. The highest BCUT2D eigenvalue weighted by Crippen LogP contribution is 2.60. The molecule has 3 amide bonds. The van der Waals surface area contributed by atoms with Gasteiger partial charge in [0.2, 0.25) is 11.8 Å². The van der Waals surface area contributed by atoms with Crippen LogP contribution >= 0.6 is 0 Å². The normalized spacial score (nSPS) is 26.6. The van der Waals surface area contributed by atoms with E-state index in [-0.39, 0.29) is 48.6 Å². The Morgan fingerprint density at radius 3 is 2.46 bits per heavy atom. The van der Waals surface area contributed by atoms with Gasteiger partial charge >= 0.3 is 0 Å². The molecule has 50 heavy (non-hydrogen) atoms. The second-order valence-electron chi connectivity index (χ2n) is 15.0. The Bertz CT molecular complexity index is 1740. The zero-order valence-corrected chi connectivity index (χ0v) is 29.6. The van der Waals surface area contributed by atoms with Crippen LogP contribution in [0.1, 0.15) is 76.0 Å². The number of hydrogen-bond acceptors (Lipinski definition) is 6. The van der Waals surface area contributed by atoms with Crippen molar-refractivity contribution in [1.29, 1.82) is 0 Å². The predicted molar refractivity (Wildman–Crippen MR) is 192 cm³/mol. The van der Waals surface area contributed by atoms with Crippen LogP contribution in [0, 0.1) is 11.8 Å². The molecule has 3 saturated heterocycles. The fourth-order valence-electron chi connectivity index (χ4n) is 9.31. The predicted octanol–water partition coefficient (Wildman–Crippen LogP) is 5.96. The average molecular weight is 680 g/mol. The number of nitrogens with zero attached hydrogens (tertiary/aromatic N) is 3. The van der Waals surface area contributed by atoms with Crippen molar-refractivity contribution in [1.82, 2.24) is 4.90 Å². The molecular weight excluding hydrogens is 630 g/mol. The molecule has 1 spiro atoms. The third kappa shape index (κ3) is 5.68. The summed E-state index contributed by atoms with van der Waals surface area (Å²) in [5, 5.41) is 10.1. The lowest BCUT2D eigenvalue weighted by atomic mass is 9.63. The van der Waals surface area contributed by atoms with Gasteiger partial charge in [-0.3, -0.25) is 14.4 Å². The van der Waals surface area contributed by atoms with Crippen molar-refractivity contribution in [3.63, 3.8) is 0 Å². The van der Waals surface area contributed by atoms with Crippen LogP contribution in [0.25, 0.3) is 0 Å². The first kappa shape index (κ1) is 34.2. The van der Waals surface area contributed by atoms with Gasteiger partial charge in [-0.15, -0.1) is 0 Å². The average Bonchev–Trinajstić information content (AvgIpc) is 3.79. The molecule has 264 valence electrons. The maximum Gasteiger partial charge on any atom is 0.264 e. The van der Waals surface area contributed by atoms with E-state index >= 15 is 4.79 Å². The molecule has 0 unspecified atom stereocenters. The SMILES string of the molecule is COc1ccc(C(C)(C)[C@@H]2[C@@H](CC(=O)N3CCC[C@H]3CO)O[C@]3(C(=O)N(Cc4ccccc4)c4ccc(N5CCCCC5=O)cc43)[C@H]2C)cc1. The molecule has 0 saturated carbocycles. The first-order chi connectivity index (χ1) is 24.1. The van der Waals surface area contributed by atoms with E-state index in [1.165, 1.54) is 0 Å². The van der Waals surface area contributed by atoms with Crippen LogP contribution in [0.3, 0.4) is 0 Å². The monoisotopic (exact) mass is 679 g/mol. The number of carbonyl (C=O) groups excluding carboxylic acids is 3. The number of fused-ring (bicyclic) bond motifs is 2. The summed E-state index contributed by atoms with van der Waals surface area (Å²) in [6.07, 6.45) is 3.42. The van der Waals surface area contributed by atoms with E-state index in [0.717, 1.165) is 59.5 Å². The fourth-order valence-corrected chi connectivity index (χ4v) is 9.31. The number of hydrogen-bond donors (Lipinski definition) is 1. The summed E-state index contributed by atoms with van der Waals surface area (Å²) in [7, 11) is 1.65. The lowest BCUT2D eigenvalue weighted by Gasteiger charge is -2.39. The molecule has 9 nitrogen and oxygen atoms in total. The quantitative estimate of drug-likeness (QED) is 0.300. The highest BCUT2D eigenvalue weighted by molar-refractivity contribution is 6.08. The smallest absolute Gasteiger partial charge is 0.264 e. The molecule has 4 heterocycles. The van der Waals surface area contributed by atoms with Gasteiger partial charge < -0.3 is 29.3 Å². The molecule has 3 aromatic rings. The summed E-state index contributed by atoms with van der Waals surface area (Å²) >= 11 is 0. The van der Waals surface area contributed by atoms with Crippen LogP contribution < -0.4 is 14.5 Å². The molecule has 0 aliphatic carbocycles. The first-order valence-corrected chi connectivity index (χ1v) is 18.1. The number of rotatable bonds is 9. The Kier molecular flexibility index (Phi) is 9.24. The standard InChI is InChI=1S/C41H49N3O6/c1-27-38(40(2,3)29-15-18-32(49-4)19-16-29)35(24-37(47)43-22-10-13-31(43)26-45)50-41(27)33-23-30(42-21-9-8-14-36(42)46)17-20-34(33)44(39(41)48)25-28-11-6-5-7-12-28/h5-7,11-12,15-20,23,27,31,35,38,45H,8-10,13-14,21-22,24-26H2,1-4H3/t27-,31-,35+,38-,41+/m0/s1. The van der Waals surface area contributed by atoms with Crippen LogP contribution in [0.4, 0.5) is 11.4 Å². The van der Waals surface area contributed by atoms with Crippen LogP contribution in [-0.2, 0) is 36.7 Å². The number of aliphatic hydroxyl groups is 1. The molecule has 5 atom stereocenters. The van der Waals surface area contributed by atoms with Gasteiger partial charge in [-0.25, -0.2) is 0 Å². The van der Waals surface area contributed by atoms with Gasteiger partial charge in [-0.2, -0.15) is 0 Å². The molecule has 4 aliphatic heterocycles. The third-order valence-corrected chi connectivity index (χ3v) is 11.9. The molecule has 9 heteroatoms. The summed E-state index contributed by atoms with van der Waals surface area (Å²) < 4.78 is 12.7. The van der Waals surface area contributed by atoms with E-state index in [2.05, 4.69) is 32.9 Å². The minimum absolute atomic E-state index is 0.0641. The molecule has 3 aromatic carbocycles. The number of likely N-dealkylation sites (tertiary alicyclic amines) is 1. The molecule has 0 aromatic heterocycles. The second kappa shape index (κ2) is 13.5.